The van der Waals surface area contributed by atoms with E-state index in [-0.39, 0.29) is 11.8 Å². The third kappa shape index (κ3) is 7.82. The number of amides is 1. The predicted molar refractivity (Wildman–Crippen MR) is 142 cm³/mol. The number of ether oxygens (including phenoxy) is 1. The molecule has 0 aliphatic carbocycles. The van der Waals surface area contributed by atoms with Crippen molar-refractivity contribution < 1.29 is 9.53 Å². The molecule has 1 amide bonds. The van der Waals surface area contributed by atoms with E-state index in [1.165, 1.54) is 0 Å². The third-order valence-corrected chi connectivity index (χ3v) is 6.71. The molecule has 0 spiro atoms. The van der Waals surface area contributed by atoms with E-state index in [1.807, 2.05) is 65.6 Å². The van der Waals surface area contributed by atoms with E-state index in [1.54, 1.807) is 0 Å². The highest BCUT2D eigenvalue weighted by atomic mass is 16.5. The zero-order chi connectivity index (χ0) is 24.9. The van der Waals surface area contributed by atoms with Crippen molar-refractivity contribution in [2.75, 3.05) is 19.8 Å². The van der Waals surface area contributed by atoms with Gasteiger partial charge in [0.1, 0.15) is 12.5 Å². The second-order valence-corrected chi connectivity index (χ2v) is 9.46. The van der Waals surface area contributed by atoms with Gasteiger partial charge in [0.05, 0.1) is 5.92 Å². The molecule has 6 nitrogen and oxygen atoms in total. The van der Waals surface area contributed by atoms with Gasteiger partial charge in [-0.3, -0.25) is 10.2 Å². The Morgan fingerprint density at radius 1 is 0.971 bits per heavy atom. The van der Waals surface area contributed by atoms with Crippen LogP contribution in [0, 0.1) is 5.41 Å². The van der Waals surface area contributed by atoms with Gasteiger partial charge in [-0.15, -0.1) is 0 Å². The van der Waals surface area contributed by atoms with Crippen LogP contribution in [-0.2, 0) is 9.53 Å². The van der Waals surface area contributed by atoms with Crippen LogP contribution in [0.2, 0.25) is 0 Å². The summed E-state index contributed by atoms with van der Waals surface area (Å²) in [6.45, 7) is 6.18. The van der Waals surface area contributed by atoms with Crippen molar-refractivity contribution in [3.05, 3.63) is 71.8 Å². The van der Waals surface area contributed by atoms with Crippen LogP contribution in [0.3, 0.4) is 0 Å². The maximum Gasteiger partial charge on any atom is 0.232 e. The van der Waals surface area contributed by atoms with Gasteiger partial charge in [-0.25, -0.2) is 0 Å². The van der Waals surface area contributed by atoms with Gasteiger partial charge >= 0.3 is 0 Å². The molecule has 0 bridgehead atoms. The first-order valence-corrected chi connectivity index (χ1v) is 13.2. The van der Waals surface area contributed by atoms with Gasteiger partial charge < -0.3 is 20.3 Å². The minimum Gasteiger partial charge on any atom is -0.355 e. The predicted octanol–water partition coefficient (Wildman–Crippen LogP) is 5.61. The first-order chi connectivity index (χ1) is 17.1. The van der Waals surface area contributed by atoms with Gasteiger partial charge in [0.15, 0.2) is 5.96 Å². The molecule has 3 N–H and O–H groups in total. The third-order valence-electron chi connectivity index (χ3n) is 6.71. The number of hydrogen-bond acceptors (Lipinski definition) is 3. The van der Waals surface area contributed by atoms with Gasteiger partial charge in [-0.1, -0.05) is 87.4 Å². The highest BCUT2D eigenvalue weighted by Crippen LogP contribution is 2.27. The molecule has 1 aliphatic rings. The zero-order valence-electron chi connectivity index (χ0n) is 21.4. The van der Waals surface area contributed by atoms with Crippen molar-refractivity contribution >= 4 is 11.9 Å². The van der Waals surface area contributed by atoms with Crippen molar-refractivity contribution in [3.63, 3.8) is 0 Å². The SMILES string of the molecule is CCCCC1(CCCC)NC(=N)N(CCCCNC(=O)C(c2ccccc2)c2ccccc2)CO1. The summed E-state index contributed by atoms with van der Waals surface area (Å²) in [5.41, 5.74) is 1.60. The monoisotopic (exact) mass is 478 g/mol. The number of rotatable bonds is 14. The second-order valence-electron chi connectivity index (χ2n) is 9.46. The van der Waals surface area contributed by atoms with Crippen molar-refractivity contribution in [2.45, 2.75) is 76.9 Å². The fourth-order valence-electron chi connectivity index (χ4n) is 4.62. The summed E-state index contributed by atoms with van der Waals surface area (Å²) in [4.78, 5) is 15.1. The van der Waals surface area contributed by atoms with E-state index >= 15 is 0 Å². The molecule has 0 unspecified atom stereocenters. The zero-order valence-corrected chi connectivity index (χ0v) is 21.4. The summed E-state index contributed by atoms with van der Waals surface area (Å²) in [5.74, 6) is 0.167. The Labute approximate surface area is 211 Å². The summed E-state index contributed by atoms with van der Waals surface area (Å²) in [7, 11) is 0. The molecular weight excluding hydrogens is 436 g/mol. The van der Waals surface area contributed by atoms with E-state index in [9.17, 15) is 4.79 Å². The largest absolute Gasteiger partial charge is 0.355 e. The Kier molecular flexibility index (Phi) is 10.6. The number of guanidine groups is 1. The normalized spacial score (nSPS) is 15.2. The van der Waals surface area contributed by atoms with Crippen molar-refractivity contribution in [1.82, 2.24) is 15.5 Å². The number of hydrogen-bond donors (Lipinski definition) is 3. The summed E-state index contributed by atoms with van der Waals surface area (Å²) in [6, 6.07) is 19.9. The lowest BCUT2D eigenvalue weighted by Gasteiger charge is -2.44. The van der Waals surface area contributed by atoms with E-state index in [2.05, 4.69) is 24.5 Å². The Balaban J connectivity index is 1.46. The Bertz CT molecular complexity index is 856. The van der Waals surface area contributed by atoms with Gasteiger partial charge in [-0.05, 0) is 49.7 Å². The van der Waals surface area contributed by atoms with Crippen molar-refractivity contribution in [1.29, 1.82) is 5.41 Å². The molecule has 1 saturated heterocycles. The number of nitrogens with zero attached hydrogens (tertiary/aromatic N) is 1. The molecule has 0 radical (unpaired) electrons. The van der Waals surface area contributed by atoms with Gasteiger partial charge in [0.2, 0.25) is 5.91 Å². The number of benzene rings is 2. The summed E-state index contributed by atoms with van der Waals surface area (Å²) >= 11 is 0. The molecule has 2 aromatic rings. The van der Waals surface area contributed by atoms with Crippen LogP contribution in [0.1, 0.15) is 82.3 Å². The van der Waals surface area contributed by atoms with Crippen molar-refractivity contribution in [2.24, 2.45) is 0 Å². The molecule has 6 heteroatoms. The molecule has 0 saturated carbocycles. The van der Waals surface area contributed by atoms with E-state index in [4.69, 9.17) is 10.1 Å². The smallest absolute Gasteiger partial charge is 0.232 e. The first kappa shape index (κ1) is 26.7. The minimum absolute atomic E-state index is 0.0229. The van der Waals surface area contributed by atoms with E-state index < -0.39 is 5.72 Å². The minimum atomic E-state index is -0.391. The van der Waals surface area contributed by atoms with Crippen molar-refractivity contribution in [3.8, 4) is 0 Å². The second kappa shape index (κ2) is 13.9. The summed E-state index contributed by atoms with van der Waals surface area (Å²) < 4.78 is 6.28. The van der Waals surface area contributed by atoms with Gasteiger partial charge in [0, 0.05) is 13.1 Å². The molecule has 2 aromatic carbocycles. The molecule has 190 valence electrons. The Morgan fingerprint density at radius 2 is 1.54 bits per heavy atom. The molecule has 1 heterocycles. The fourth-order valence-corrected chi connectivity index (χ4v) is 4.62. The number of nitrogens with one attached hydrogen (secondary N) is 3. The highest BCUT2D eigenvalue weighted by molar-refractivity contribution is 5.87. The quantitative estimate of drug-likeness (QED) is 0.309. The average Bonchev–Trinajstić information content (AvgIpc) is 2.89. The highest BCUT2D eigenvalue weighted by Gasteiger charge is 2.36. The first-order valence-electron chi connectivity index (χ1n) is 13.2. The number of carbonyl (C=O) groups is 1. The van der Waals surface area contributed by atoms with Crippen LogP contribution in [0.4, 0.5) is 0 Å². The van der Waals surface area contributed by atoms with Crippen LogP contribution in [0.15, 0.2) is 60.7 Å². The molecule has 1 fully saturated rings. The molecule has 3 rings (SSSR count). The Hall–Kier alpha value is -2.86. The summed E-state index contributed by atoms with van der Waals surface area (Å²) in [6.07, 6.45) is 8.04. The summed E-state index contributed by atoms with van der Waals surface area (Å²) in [5, 5.41) is 15.0. The van der Waals surface area contributed by atoms with E-state index in [0.29, 0.717) is 19.2 Å². The van der Waals surface area contributed by atoms with Crippen LogP contribution < -0.4 is 10.6 Å². The topological polar surface area (TPSA) is 77.5 Å². The van der Waals surface area contributed by atoms with Gasteiger partial charge in [-0.2, -0.15) is 0 Å². The lowest BCUT2D eigenvalue weighted by molar-refractivity contribution is -0.125. The number of unbranched alkanes of at least 4 members (excludes halogenated alkanes) is 3. The molecule has 0 atom stereocenters. The van der Waals surface area contributed by atoms with Crippen LogP contribution >= 0.6 is 0 Å². The van der Waals surface area contributed by atoms with Crippen LogP contribution in [-0.4, -0.2) is 42.3 Å². The van der Waals surface area contributed by atoms with Crippen LogP contribution in [0.25, 0.3) is 0 Å². The lowest BCUT2D eigenvalue weighted by Crippen LogP contribution is -2.61. The molecule has 35 heavy (non-hydrogen) atoms. The molecule has 0 aromatic heterocycles. The van der Waals surface area contributed by atoms with E-state index in [0.717, 1.165) is 69.0 Å². The lowest BCUT2D eigenvalue weighted by atomic mass is 9.90. The standard InChI is InChI=1S/C29H42N4O2/c1-3-5-19-29(20-6-4-2)32-28(30)33(23-35-29)22-14-13-21-31-27(34)26(24-15-9-7-10-16-24)25-17-11-8-12-18-25/h7-12,15-18,26H,3-6,13-14,19-23H2,1-2H3,(H2,30,32)(H,31,34). The maximum atomic E-state index is 13.1. The fraction of sp³-hybridized carbons (Fsp3) is 0.517. The average molecular weight is 479 g/mol. The van der Waals surface area contributed by atoms with Crippen LogP contribution in [0.5, 0.6) is 0 Å². The number of carbonyl (C=O) groups excluding carboxylic acids is 1. The Morgan fingerprint density at radius 3 is 2.06 bits per heavy atom. The van der Waals surface area contributed by atoms with Gasteiger partial charge in [0.25, 0.3) is 0 Å². The molecule has 1 aliphatic heterocycles. The molecular formula is C29H42N4O2. The maximum absolute atomic E-state index is 13.1.